The van der Waals surface area contributed by atoms with Crippen molar-refractivity contribution in [2.75, 3.05) is 43.9 Å². The Hall–Kier alpha value is -1.75. The molecule has 102 valence electrons. The molecule has 0 aliphatic carbocycles. The van der Waals surface area contributed by atoms with E-state index in [2.05, 4.69) is 27.9 Å². The van der Waals surface area contributed by atoms with Gasteiger partial charge in [-0.2, -0.15) is 0 Å². The summed E-state index contributed by atoms with van der Waals surface area (Å²) in [6, 6.07) is 6.05. The number of hydrogen-bond acceptors (Lipinski definition) is 4. The van der Waals surface area contributed by atoms with Gasteiger partial charge in [-0.05, 0) is 38.2 Å². The summed E-state index contributed by atoms with van der Waals surface area (Å²) in [5.74, 6) is 0.0236. The van der Waals surface area contributed by atoms with Gasteiger partial charge in [0.2, 0.25) is 0 Å². The zero-order valence-electron chi connectivity index (χ0n) is 11.2. The zero-order valence-corrected chi connectivity index (χ0v) is 11.2. The Balaban J connectivity index is 1.69. The first-order valence-corrected chi connectivity index (χ1v) is 6.83. The fourth-order valence-corrected chi connectivity index (χ4v) is 2.70. The molecule has 2 aliphatic rings. The maximum absolute atomic E-state index is 12.2. The van der Waals surface area contributed by atoms with Gasteiger partial charge in [0.25, 0.3) is 5.91 Å². The van der Waals surface area contributed by atoms with Gasteiger partial charge in [0.05, 0.1) is 11.4 Å². The summed E-state index contributed by atoms with van der Waals surface area (Å²) in [7, 11) is 2.08. The van der Waals surface area contributed by atoms with Crippen molar-refractivity contribution in [3.8, 4) is 0 Å². The smallest absolute Gasteiger partial charge is 0.251 e. The fourth-order valence-electron chi connectivity index (χ4n) is 2.70. The highest BCUT2D eigenvalue weighted by Crippen LogP contribution is 2.25. The number of amides is 1. The molecule has 0 radical (unpaired) electrons. The number of rotatable bonds is 2. The molecule has 3 N–H and O–H groups in total. The van der Waals surface area contributed by atoms with Crippen LogP contribution >= 0.6 is 0 Å². The van der Waals surface area contributed by atoms with Crippen molar-refractivity contribution < 1.29 is 4.79 Å². The number of likely N-dealkylation sites (tertiary alicyclic amines) is 1. The molecule has 1 fully saturated rings. The van der Waals surface area contributed by atoms with Crippen LogP contribution in [-0.2, 0) is 0 Å². The number of nitrogens with zero attached hydrogens (tertiary/aromatic N) is 1. The van der Waals surface area contributed by atoms with E-state index >= 15 is 0 Å². The minimum Gasteiger partial charge on any atom is -0.382 e. The molecule has 1 unspecified atom stereocenters. The van der Waals surface area contributed by atoms with E-state index in [4.69, 9.17) is 0 Å². The van der Waals surface area contributed by atoms with Gasteiger partial charge in [-0.1, -0.05) is 0 Å². The Morgan fingerprint density at radius 1 is 1.32 bits per heavy atom. The predicted octanol–water partition coefficient (Wildman–Crippen LogP) is 0.958. The normalized spacial score (nSPS) is 22.3. The SMILES string of the molecule is CN1CCC(NC(=O)c2ccc3c(c2)NCCN3)C1. The lowest BCUT2D eigenvalue weighted by molar-refractivity contribution is 0.0938. The maximum Gasteiger partial charge on any atom is 0.251 e. The number of hydrogen-bond donors (Lipinski definition) is 3. The van der Waals surface area contributed by atoms with Gasteiger partial charge < -0.3 is 20.9 Å². The second kappa shape index (κ2) is 5.09. The van der Waals surface area contributed by atoms with E-state index in [-0.39, 0.29) is 11.9 Å². The number of fused-ring (bicyclic) bond motifs is 1. The van der Waals surface area contributed by atoms with Crippen molar-refractivity contribution in [1.29, 1.82) is 0 Å². The van der Waals surface area contributed by atoms with Gasteiger partial charge in [0, 0.05) is 31.2 Å². The van der Waals surface area contributed by atoms with E-state index in [9.17, 15) is 4.79 Å². The van der Waals surface area contributed by atoms with E-state index in [0.29, 0.717) is 0 Å². The van der Waals surface area contributed by atoms with Gasteiger partial charge in [0.15, 0.2) is 0 Å². The van der Waals surface area contributed by atoms with E-state index in [1.165, 1.54) is 0 Å². The van der Waals surface area contributed by atoms with Crippen LogP contribution in [0.2, 0.25) is 0 Å². The van der Waals surface area contributed by atoms with Crippen LogP contribution in [0.25, 0.3) is 0 Å². The standard InChI is InChI=1S/C14H20N4O/c1-18-7-4-11(9-18)17-14(19)10-2-3-12-13(8-10)16-6-5-15-12/h2-3,8,11,15-16H,4-7,9H2,1H3,(H,17,19). The van der Waals surface area contributed by atoms with Crippen molar-refractivity contribution in [3.63, 3.8) is 0 Å². The van der Waals surface area contributed by atoms with Crippen molar-refractivity contribution in [3.05, 3.63) is 23.8 Å². The summed E-state index contributed by atoms with van der Waals surface area (Å²) in [5.41, 5.74) is 2.82. The molecular formula is C14H20N4O. The summed E-state index contributed by atoms with van der Waals surface area (Å²) in [6.07, 6.45) is 1.03. The molecule has 2 aliphatic heterocycles. The quantitative estimate of drug-likeness (QED) is 0.741. The molecule has 19 heavy (non-hydrogen) atoms. The summed E-state index contributed by atoms with van der Waals surface area (Å²) in [5, 5.41) is 9.72. The first-order chi connectivity index (χ1) is 9.22. The molecule has 2 heterocycles. The third kappa shape index (κ3) is 2.66. The number of likely N-dealkylation sites (N-methyl/N-ethyl adjacent to an activating group) is 1. The van der Waals surface area contributed by atoms with Gasteiger partial charge in [-0.25, -0.2) is 0 Å². The Morgan fingerprint density at radius 2 is 2.11 bits per heavy atom. The molecule has 0 aromatic heterocycles. The lowest BCUT2D eigenvalue weighted by Gasteiger charge is -2.20. The monoisotopic (exact) mass is 260 g/mol. The molecule has 3 rings (SSSR count). The largest absolute Gasteiger partial charge is 0.382 e. The number of benzene rings is 1. The van der Waals surface area contributed by atoms with Crippen LogP contribution < -0.4 is 16.0 Å². The van der Waals surface area contributed by atoms with Gasteiger partial charge in [-0.3, -0.25) is 4.79 Å². The van der Waals surface area contributed by atoms with Gasteiger partial charge in [0.1, 0.15) is 0 Å². The molecule has 0 saturated carbocycles. The predicted molar refractivity (Wildman–Crippen MR) is 76.8 cm³/mol. The summed E-state index contributed by atoms with van der Waals surface area (Å²) in [4.78, 5) is 14.5. The maximum atomic E-state index is 12.2. The van der Waals surface area contributed by atoms with E-state index in [1.54, 1.807) is 0 Å². The molecule has 5 heteroatoms. The summed E-state index contributed by atoms with van der Waals surface area (Å²) >= 11 is 0. The molecule has 1 saturated heterocycles. The van der Waals surface area contributed by atoms with E-state index in [0.717, 1.165) is 49.5 Å². The van der Waals surface area contributed by atoms with Crippen LogP contribution in [0, 0.1) is 0 Å². The average molecular weight is 260 g/mol. The second-order valence-electron chi connectivity index (χ2n) is 5.34. The van der Waals surface area contributed by atoms with Crippen molar-refractivity contribution in [2.45, 2.75) is 12.5 Å². The molecule has 1 aromatic rings. The Labute approximate surface area is 113 Å². The fraction of sp³-hybridized carbons (Fsp3) is 0.500. The highest BCUT2D eigenvalue weighted by atomic mass is 16.1. The highest BCUT2D eigenvalue weighted by molar-refractivity contribution is 5.96. The lowest BCUT2D eigenvalue weighted by Crippen LogP contribution is -2.36. The first kappa shape index (κ1) is 12.3. The highest BCUT2D eigenvalue weighted by Gasteiger charge is 2.22. The molecule has 5 nitrogen and oxygen atoms in total. The average Bonchev–Trinajstić information content (AvgIpc) is 2.83. The van der Waals surface area contributed by atoms with Gasteiger partial charge >= 0.3 is 0 Å². The van der Waals surface area contributed by atoms with Crippen LogP contribution in [-0.4, -0.2) is 50.1 Å². The number of anilines is 2. The van der Waals surface area contributed by atoms with Crippen LogP contribution in [0.3, 0.4) is 0 Å². The molecule has 1 atom stereocenters. The number of carbonyl (C=O) groups excluding carboxylic acids is 1. The van der Waals surface area contributed by atoms with Crippen molar-refractivity contribution in [2.24, 2.45) is 0 Å². The van der Waals surface area contributed by atoms with Crippen molar-refractivity contribution in [1.82, 2.24) is 10.2 Å². The van der Waals surface area contributed by atoms with Crippen LogP contribution in [0.4, 0.5) is 11.4 Å². The third-order valence-electron chi connectivity index (χ3n) is 3.76. The van der Waals surface area contributed by atoms with Crippen molar-refractivity contribution >= 4 is 17.3 Å². The van der Waals surface area contributed by atoms with E-state index < -0.39 is 0 Å². The van der Waals surface area contributed by atoms with Gasteiger partial charge in [-0.15, -0.1) is 0 Å². The minimum absolute atomic E-state index is 0.0236. The molecular weight excluding hydrogens is 240 g/mol. The number of nitrogens with one attached hydrogen (secondary N) is 3. The Kier molecular flexibility index (Phi) is 3.29. The number of carbonyl (C=O) groups is 1. The topological polar surface area (TPSA) is 56.4 Å². The van der Waals surface area contributed by atoms with Crippen LogP contribution in [0.15, 0.2) is 18.2 Å². The minimum atomic E-state index is 0.0236. The molecule has 0 bridgehead atoms. The summed E-state index contributed by atoms with van der Waals surface area (Å²) < 4.78 is 0. The molecule has 1 amide bonds. The second-order valence-corrected chi connectivity index (χ2v) is 5.34. The third-order valence-corrected chi connectivity index (χ3v) is 3.76. The Morgan fingerprint density at radius 3 is 2.84 bits per heavy atom. The summed E-state index contributed by atoms with van der Waals surface area (Å²) in [6.45, 7) is 3.82. The van der Waals surface area contributed by atoms with Crippen LogP contribution in [0.1, 0.15) is 16.8 Å². The lowest BCUT2D eigenvalue weighted by atomic mass is 10.1. The first-order valence-electron chi connectivity index (χ1n) is 6.83. The molecule has 0 spiro atoms. The van der Waals surface area contributed by atoms with Crippen LogP contribution in [0.5, 0.6) is 0 Å². The molecule has 1 aromatic carbocycles. The Bertz CT molecular complexity index is 488. The zero-order chi connectivity index (χ0) is 13.2. The van der Waals surface area contributed by atoms with E-state index in [1.807, 2.05) is 18.2 Å².